The largest absolute Gasteiger partial charge is 0.497 e. The molecule has 0 saturated heterocycles. The fraction of sp³-hybridized carbons (Fsp3) is 0.333. The van der Waals surface area contributed by atoms with Crippen molar-refractivity contribution in [1.82, 2.24) is 4.90 Å². The summed E-state index contributed by atoms with van der Waals surface area (Å²) in [5.74, 6) is 0.732. The summed E-state index contributed by atoms with van der Waals surface area (Å²) in [6.07, 6.45) is -0.507. The molecular weight excluding hydrogens is 220 g/mol. The molecule has 17 heavy (non-hydrogen) atoms. The molecule has 0 saturated carbocycles. The fourth-order valence-electron chi connectivity index (χ4n) is 1.09. The molecule has 92 valence electrons. The van der Waals surface area contributed by atoms with E-state index in [0.717, 1.165) is 11.3 Å². The molecule has 1 amide bonds. The van der Waals surface area contributed by atoms with Crippen LogP contribution in [-0.4, -0.2) is 37.9 Å². The van der Waals surface area contributed by atoms with Crippen LogP contribution in [0.3, 0.4) is 0 Å². The molecule has 0 aliphatic heterocycles. The maximum Gasteiger partial charge on any atom is 0.435 e. The van der Waals surface area contributed by atoms with Crippen LogP contribution in [0.4, 0.5) is 4.79 Å². The quantitative estimate of drug-likeness (QED) is 0.459. The third kappa shape index (κ3) is 3.79. The standard InChI is InChI=1S/C12H16N2O3/c1-9(13-17-12(15)14(2)3)10-6-5-7-11(8-10)16-4/h5-8H,1-4H3/b13-9+. The lowest BCUT2D eigenvalue weighted by atomic mass is 10.1. The Hall–Kier alpha value is -2.04. The van der Waals surface area contributed by atoms with E-state index in [4.69, 9.17) is 9.57 Å². The Balaban J connectivity index is 2.77. The van der Waals surface area contributed by atoms with Crippen molar-refractivity contribution in [3.05, 3.63) is 29.8 Å². The summed E-state index contributed by atoms with van der Waals surface area (Å²) >= 11 is 0. The summed E-state index contributed by atoms with van der Waals surface area (Å²) in [5, 5.41) is 3.76. The molecule has 0 aromatic heterocycles. The zero-order valence-corrected chi connectivity index (χ0v) is 10.4. The maximum absolute atomic E-state index is 11.2. The second-order valence-electron chi connectivity index (χ2n) is 3.66. The van der Waals surface area contributed by atoms with Crippen LogP contribution in [0.25, 0.3) is 0 Å². The Bertz CT molecular complexity index is 428. The van der Waals surface area contributed by atoms with Gasteiger partial charge in [-0.05, 0) is 19.1 Å². The summed E-state index contributed by atoms with van der Waals surface area (Å²) in [6, 6.07) is 7.37. The first-order chi connectivity index (χ1) is 8.04. The highest BCUT2D eigenvalue weighted by Crippen LogP contribution is 2.13. The normalized spacial score (nSPS) is 10.9. The van der Waals surface area contributed by atoms with Gasteiger partial charge >= 0.3 is 6.09 Å². The van der Waals surface area contributed by atoms with E-state index in [0.29, 0.717) is 5.71 Å². The Labute approximate surface area is 101 Å². The predicted octanol–water partition coefficient (Wildman–Crippen LogP) is 2.12. The van der Waals surface area contributed by atoms with Crippen molar-refractivity contribution < 1.29 is 14.4 Å². The van der Waals surface area contributed by atoms with Gasteiger partial charge in [-0.3, -0.25) is 4.84 Å². The average molecular weight is 236 g/mol. The monoisotopic (exact) mass is 236 g/mol. The lowest BCUT2D eigenvalue weighted by Gasteiger charge is -2.07. The first-order valence-corrected chi connectivity index (χ1v) is 5.12. The van der Waals surface area contributed by atoms with Gasteiger partial charge in [-0.1, -0.05) is 17.3 Å². The topological polar surface area (TPSA) is 51.1 Å². The molecule has 0 N–H and O–H groups in total. The van der Waals surface area contributed by atoms with Crippen molar-refractivity contribution >= 4 is 11.8 Å². The molecule has 1 rings (SSSR count). The molecular formula is C12H16N2O3. The molecule has 0 aliphatic carbocycles. The number of nitrogens with zero attached hydrogens (tertiary/aromatic N) is 2. The SMILES string of the molecule is COc1cccc(/C(C)=N/OC(=O)N(C)C)c1. The number of amides is 1. The van der Waals surface area contributed by atoms with Gasteiger partial charge in [0.25, 0.3) is 0 Å². The molecule has 0 fully saturated rings. The number of carbonyl (C=O) groups excluding carboxylic acids is 1. The number of hydrogen-bond donors (Lipinski definition) is 0. The lowest BCUT2D eigenvalue weighted by Crippen LogP contribution is -2.21. The zero-order chi connectivity index (χ0) is 12.8. The number of ether oxygens (including phenoxy) is 1. The summed E-state index contributed by atoms with van der Waals surface area (Å²) < 4.78 is 5.10. The molecule has 1 aromatic carbocycles. The minimum absolute atomic E-state index is 0.507. The van der Waals surface area contributed by atoms with E-state index in [9.17, 15) is 4.79 Å². The van der Waals surface area contributed by atoms with E-state index < -0.39 is 6.09 Å². The minimum atomic E-state index is -0.507. The molecule has 0 unspecified atom stereocenters. The first kappa shape index (κ1) is 13.0. The Morgan fingerprint density at radius 2 is 2.06 bits per heavy atom. The van der Waals surface area contributed by atoms with Gasteiger partial charge in [-0.2, -0.15) is 0 Å². The second kappa shape index (κ2) is 5.89. The predicted molar refractivity (Wildman–Crippen MR) is 65.4 cm³/mol. The third-order valence-electron chi connectivity index (χ3n) is 2.11. The molecule has 0 bridgehead atoms. The van der Waals surface area contributed by atoms with Gasteiger partial charge in [0.05, 0.1) is 12.8 Å². The van der Waals surface area contributed by atoms with Crippen LogP contribution in [-0.2, 0) is 4.84 Å². The van der Waals surface area contributed by atoms with E-state index >= 15 is 0 Å². The van der Waals surface area contributed by atoms with Gasteiger partial charge in [0, 0.05) is 19.7 Å². The minimum Gasteiger partial charge on any atom is -0.497 e. The van der Waals surface area contributed by atoms with Crippen LogP contribution in [0.5, 0.6) is 5.75 Å². The van der Waals surface area contributed by atoms with Crippen molar-refractivity contribution in [2.45, 2.75) is 6.92 Å². The van der Waals surface area contributed by atoms with Crippen molar-refractivity contribution in [2.24, 2.45) is 5.16 Å². The molecule has 0 radical (unpaired) electrons. The highest BCUT2D eigenvalue weighted by molar-refractivity contribution is 5.98. The number of rotatable bonds is 3. The fourth-order valence-corrected chi connectivity index (χ4v) is 1.09. The van der Waals surface area contributed by atoms with Gasteiger partial charge < -0.3 is 9.64 Å². The van der Waals surface area contributed by atoms with Crippen LogP contribution in [0.15, 0.2) is 29.4 Å². The molecule has 5 nitrogen and oxygen atoms in total. The Morgan fingerprint density at radius 3 is 2.65 bits per heavy atom. The van der Waals surface area contributed by atoms with Gasteiger partial charge in [0.15, 0.2) is 0 Å². The van der Waals surface area contributed by atoms with Crippen molar-refractivity contribution in [1.29, 1.82) is 0 Å². The van der Waals surface area contributed by atoms with E-state index in [1.165, 1.54) is 4.90 Å². The zero-order valence-electron chi connectivity index (χ0n) is 10.4. The van der Waals surface area contributed by atoms with Crippen molar-refractivity contribution in [3.63, 3.8) is 0 Å². The van der Waals surface area contributed by atoms with E-state index in [1.807, 2.05) is 24.3 Å². The van der Waals surface area contributed by atoms with Crippen LogP contribution < -0.4 is 4.74 Å². The summed E-state index contributed by atoms with van der Waals surface area (Å²) in [5.41, 5.74) is 1.45. The Kier molecular flexibility index (Phi) is 4.51. The summed E-state index contributed by atoms with van der Waals surface area (Å²) in [6.45, 7) is 1.76. The highest BCUT2D eigenvalue weighted by atomic mass is 16.7. The smallest absolute Gasteiger partial charge is 0.435 e. The molecule has 0 spiro atoms. The lowest BCUT2D eigenvalue weighted by molar-refractivity contribution is 0.122. The molecule has 0 atom stereocenters. The number of oxime groups is 1. The molecule has 0 aliphatic rings. The third-order valence-corrected chi connectivity index (χ3v) is 2.11. The average Bonchev–Trinajstić information content (AvgIpc) is 2.35. The first-order valence-electron chi connectivity index (χ1n) is 5.12. The molecule has 5 heteroatoms. The van der Waals surface area contributed by atoms with Crippen LogP contribution in [0, 0.1) is 0 Å². The summed E-state index contributed by atoms with van der Waals surface area (Å²) in [7, 11) is 4.79. The van der Waals surface area contributed by atoms with Crippen LogP contribution in [0.1, 0.15) is 12.5 Å². The second-order valence-corrected chi connectivity index (χ2v) is 3.66. The Morgan fingerprint density at radius 1 is 1.35 bits per heavy atom. The van der Waals surface area contributed by atoms with E-state index in [-0.39, 0.29) is 0 Å². The van der Waals surface area contributed by atoms with E-state index in [1.54, 1.807) is 28.1 Å². The van der Waals surface area contributed by atoms with Crippen molar-refractivity contribution in [3.8, 4) is 5.75 Å². The van der Waals surface area contributed by atoms with Crippen LogP contribution in [0.2, 0.25) is 0 Å². The highest BCUT2D eigenvalue weighted by Gasteiger charge is 2.05. The maximum atomic E-state index is 11.2. The number of methoxy groups -OCH3 is 1. The molecule has 0 heterocycles. The molecule has 1 aromatic rings. The van der Waals surface area contributed by atoms with Gasteiger partial charge in [0.1, 0.15) is 5.75 Å². The number of hydrogen-bond acceptors (Lipinski definition) is 4. The number of carbonyl (C=O) groups is 1. The summed E-state index contributed by atoms with van der Waals surface area (Å²) in [4.78, 5) is 17.2. The van der Waals surface area contributed by atoms with Gasteiger partial charge in [-0.25, -0.2) is 4.79 Å². The number of benzene rings is 1. The van der Waals surface area contributed by atoms with E-state index in [2.05, 4.69) is 5.16 Å². The van der Waals surface area contributed by atoms with Gasteiger partial charge in [-0.15, -0.1) is 0 Å². The van der Waals surface area contributed by atoms with Crippen LogP contribution >= 0.6 is 0 Å². The van der Waals surface area contributed by atoms with Gasteiger partial charge in [0.2, 0.25) is 0 Å². The van der Waals surface area contributed by atoms with Crippen molar-refractivity contribution in [2.75, 3.05) is 21.2 Å².